The number of carbonyl (C=O) groups excluding carboxylic acids is 1. The SMILES string of the molecule is CNC(=O)c1cc(P(C)(C)=O)cc(O)c1C. The van der Waals surface area contributed by atoms with Gasteiger partial charge in [0.05, 0.1) is 0 Å². The predicted octanol–water partition coefficient (Wildman–Crippen LogP) is 1.31. The molecule has 0 heterocycles. The number of phenols is 1. The van der Waals surface area contributed by atoms with E-state index in [9.17, 15) is 14.5 Å². The van der Waals surface area contributed by atoms with Gasteiger partial charge in [0.1, 0.15) is 12.9 Å². The Morgan fingerprint density at radius 2 is 1.94 bits per heavy atom. The van der Waals surface area contributed by atoms with Crippen molar-refractivity contribution in [2.75, 3.05) is 20.4 Å². The smallest absolute Gasteiger partial charge is 0.251 e. The van der Waals surface area contributed by atoms with Crippen molar-refractivity contribution in [3.05, 3.63) is 23.3 Å². The molecule has 1 aromatic carbocycles. The maximum Gasteiger partial charge on any atom is 0.251 e. The van der Waals surface area contributed by atoms with Crippen LogP contribution in [0.2, 0.25) is 0 Å². The van der Waals surface area contributed by atoms with Gasteiger partial charge < -0.3 is 15.0 Å². The summed E-state index contributed by atoms with van der Waals surface area (Å²) in [6, 6.07) is 3.04. The summed E-state index contributed by atoms with van der Waals surface area (Å²) in [5.74, 6) is -0.289. The monoisotopic (exact) mass is 241 g/mol. The Balaban J connectivity index is 3.45. The number of carbonyl (C=O) groups is 1. The van der Waals surface area contributed by atoms with E-state index in [0.717, 1.165) is 0 Å². The van der Waals surface area contributed by atoms with Crippen LogP contribution < -0.4 is 10.6 Å². The minimum absolute atomic E-state index is 0.0000231. The molecule has 5 heteroatoms. The molecule has 0 aliphatic rings. The highest BCUT2D eigenvalue weighted by Crippen LogP contribution is 2.37. The van der Waals surface area contributed by atoms with Gasteiger partial charge >= 0.3 is 0 Å². The van der Waals surface area contributed by atoms with Crippen molar-refractivity contribution in [1.82, 2.24) is 5.32 Å². The fraction of sp³-hybridized carbons (Fsp3) is 0.364. The van der Waals surface area contributed by atoms with Gasteiger partial charge in [0.15, 0.2) is 0 Å². The van der Waals surface area contributed by atoms with Crippen LogP contribution in [0.25, 0.3) is 0 Å². The molecule has 1 aromatic rings. The molecule has 0 atom stereocenters. The number of benzene rings is 1. The standard InChI is InChI=1S/C11H16NO3P/c1-7-9(11(14)12-2)5-8(6-10(7)13)16(3,4)15/h5-6,13H,1-4H3,(H,12,14). The lowest BCUT2D eigenvalue weighted by molar-refractivity contribution is 0.0962. The third-order valence-corrected chi connectivity index (χ3v) is 3.96. The molecule has 0 spiro atoms. The Kier molecular flexibility index (Phi) is 3.44. The zero-order valence-corrected chi connectivity index (χ0v) is 10.8. The van der Waals surface area contributed by atoms with Crippen LogP contribution in [0.15, 0.2) is 12.1 Å². The van der Waals surface area contributed by atoms with Crippen LogP contribution >= 0.6 is 7.14 Å². The van der Waals surface area contributed by atoms with Gasteiger partial charge in [-0.2, -0.15) is 0 Å². The summed E-state index contributed by atoms with van der Waals surface area (Å²) in [7, 11) is -0.965. The van der Waals surface area contributed by atoms with Gasteiger partial charge in [-0.25, -0.2) is 0 Å². The van der Waals surface area contributed by atoms with Gasteiger partial charge in [0, 0.05) is 23.5 Å². The molecule has 0 fully saturated rings. The maximum absolute atomic E-state index is 11.9. The first-order valence-electron chi connectivity index (χ1n) is 4.88. The number of hydrogen-bond acceptors (Lipinski definition) is 3. The van der Waals surface area contributed by atoms with Gasteiger partial charge in [0.25, 0.3) is 5.91 Å². The van der Waals surface area contributed by atoms with Crippen molar-refractivity contribution >= 4 is 18.4 Å². The topological polar surface area (TPSA) is 66.4 Å². The average Bonchev–Trinajstić information content (AvgIpc) is 2.19. The second kappa shape index (κ2) is 4.30. The van der Waals surface area contributed by atoms with E-state index in [4.69, 9.17) is 0 Å². The number of hydrogen-bond donors (Lipinski definition) is 2. The van der Waals surface area contributed by atoms with Crippen molar-refractivity contribution in [3.8, 4) is 5.75 Å². The number of rotatable bonds is 2. The van der Waals surface area contributed by atoms with E-state index in [2.05, 4.69) is 5.32 Å². The van der Waals surface area contributed by atoms with Gasteiger partial charge in [-0.1, -0.05) is 0 Å². The molecule has 1 amide bonds. The first kappa shape index (κ1) is 12.8. The van der Waals surface area contributed by atoms with Crippen molar-refractivity contribution in [2.45, 2.75) is 6.92 Å². The second-order valence-corrected chi connectivity index (χ2v) is 7.29. The zero-order valence-electron chi connectivity index (χ0n) is 9.87. The third-order valence-electron chi connectivity index (χ3n) is 2.46. The zero-order chi connectivity index (χ0) is 12.5. The minimum Gasteiger partial charge on any atom is -0.508 e. The Hall–Kier alpha value is -1.28. The Bertz CT molecular complexity index is 476. The largest absolute Gasteiger partial charge is 0.508 e. The Morgan fingerprint density at radius 3 is 2.38 bits per heavy atom. The van der Waals surface area contributed by atoms with Crippen molar-refractivity contribution in [1.29, 1.82) is 0 Å². The summed E-state index contributed by atoms with van der Waals surface area (Å²) in [5.41, 5.74) is 0.859. The highest BCUT2D eigenvalue weighted by Gasteiger charge is 2.18. The summed E-state index contributed by atoms with van der Waals surface area (Å²) >= 11 is 0. The van der Waals surface area contributed by atoms with E-state index in [1.54, 1.807) is 26.3 Å². The van der Waals surface area contributed by atoms with Gasteiger partial charge in [0.2, 0.25) is 0 Å². The predicted molar refractivity (Wildman–Crippen MR) is 65.3 cm³/mol. The molecule has 0 bridgehead atoms. The first-order chi connectivity index (χ1) is 7.27. The van der Waals surface area contributed by atoms with Gasteiger partial charge in [-0.05, 0) is 32.4 Å². The Morgan fingerprint density at radius 1 is 1.38 bits per heavy atom. The summed E-state index contributed by atoms with van der Waals surface area (Å²) in [6.45, 7) is 4.86. The number of aromatic hydroxyl groups is 1. The summed E-state index contributed by atoms with van der Waals surface area (Å²) < 4.78 is 11.9. The van der Waals surface area contributed by atoms with Crippen molar-refractivity contribution in [3.63, 3.8) is 0 Å². The van der Waals surface area contributed by atoms with Crippen LogP contribution in [0.5, 0.6) is 5.75 Å². The van der Waals surface area contributed by atoms with Crippen LogP contribution in [0.4, 0.5) is 0 Å². The lowest BCUT2D eigenvalue weighted by Crippen LogP contribution is -2.21. The van der Waals surface area contributed by atoms with Crippen molar-refractivity contribution < 1.29 is 14.5 Å². The summed E-state index contributed by atoms with van der Waals surface area (Å²) in [5, 5.41) is 12.7. The van der Waals surface area contributed by atoms with Crippen LogP contribution in [0, 0.1) is 6.92 Å². The summed E-state index contributed by atoms with van der Waals surface area (Å²) in [6.07, 6.45) is 0. The fourth-order valence-corrected chi connectivity index (χ4v) is 2.24. The second-order valence-electron chi connectivity index (χ2n) is 4.07. The van der Waals surface area contributed by atoms with Crippen LogP contribution in [-0.4, -0.2) is 31.4 Å². The maximum atomic E-state index is 11.9. The van der Waals surface area contributed by atoms with E-state index < -0.39 is 7.14 Å². The molecule has 0 saturated carbocycles. The molecule has 16 heavy (non-hydrogen) atoms. The van der Waals surface area contributed by atoms with E-state index in [0.29, 0.717) is 16.4 Å². The molecule has 0 aromatic heterocycles. The van der Waals surface area contributed by atoms with Crippen LogP contribution in [0.1, 0.15) is 15.9 Å². The minimum atomic E-state index is -2.48. The molecular weight excluding hydrogens is 225 g/mol. The average molecular weight is 241 g/mol. The van der Waals surface area contributed by atoms with Gasteiger partial charge in [-0.3, -0.25) is 4.79 Å². The number of amides is 1. The van der Waals surface area contributed by atoms with Gasteiger partial charge in [-0.15, -0.1) is 0 Å². The van der Waals surface area contributed by atoms with E-state index >= 15 is 0 Å². The van der Waals surface area contributed by atoms with E-state index in [-0.39, 0.29) is 11.7 Å². The molecule has 0 aliphatic carbocycles. The molecule has 4 nitrogen and oxygen atoms in total. The molecule has 0 radical (unpaired) electrons. The van der Waals surface area contributed by atoms with E-state index in [1.807, 2.05) is 0 Å². The highest BCUT2D eigenvalue weighted by molar-refractivity contribution is 7.70. The van der Waals surface area contributed by atoms with E-state index in [1.165, 1.54) is 13.1 Å². The molecule has 0 aliphatic heterocycles. The lowest BCUT2D eigenvalue weighted by atomic mass is 10.1. The number of nitrogens with one attached hydrogen (secondary N) is 1. The molecule has 1 rings (SSSR count). The molecule has 88 valence electrons. The first-order valence-corrected chi connectivity index (χ1v) is 7.48. The van der Waals surface area contributed by atoms with Crippen LogP contribution in [-0.2, 0) is 4.57 Å². The molecule has 2 N–H and O–H groups in total. The lowest BCUT2D eigenvalue weighted by Gasteiger charge is -2.12. The Labute approximate surface area is 95.1 Å². The highest BCUT2D eigenvalue weighted by atomic mass is 31.2. The molecule has 0 unspecified atom stereocenters. The molecule has 0 saturated heterocycles. The quantitative estimate of drug-likeness (QED) is 0.767. The van der Waals surface area contributed by atoms with Crippen molar-refractivity contribution in [2.24, 2.45) is 0 Å². The fourth-order valence-electron chi connectivity index (χ4n) is 1.37. The van der Waals surface area contributed by atoms with Crippen LogP contribution in [0.3, 0.4) is 0 Å². The summed E-state index contributed by atoms with van der Waals surface area (Å²) in [4.78, 5) is 11.6. The third kappa shape index (κ3) is 2.45. The number of phenolic OH excluding ortho intramolecular Hbond substituents is 1. The molecular formula is C11H16NO3P. The normalized spacial score (nSPS) is 11.2.